The van der Waals surface area contributed by atoms with Crippen LogP contribution in [0.2, 0.25) is 0 Å². The third kappa shape index (κ3) is 5.58. The topological polar surface area (TPSA) is 115 Å². The molecule has 4 amide bonds. The van der Waals surface area contributed by atoms with Crippen molar-refractivity contribution in [3.05, 3.63) is 54.5 Å². The number of para-hydroxylation sites is 1. The van der Waals surface area contributed by atoms with Gasteiger partial charge < -0.3 is 24.9 Å². The van der Waals surface area contributed by atoms with Crippen molar-refractivity contribution in [3.63, 3.8) is 0 Å². The predicted octanol–water partition coefficient (Wildman–Crippen LogP) is 0.393. The Kier molecular flexibility index (Phi) is 7.04. The van der Waals surface area contributed by atoms with Crippen molar-refractivity contribution in [1.29, 1.82) is 0 Å². The summed E-state index contributed by atoms with van der Waals surface area (Å²) in [6, 6.07) is 11.4. The highest BCUT2D eigenvalue weighted by atomic mass is 16.3. The van der Waals surface area contributed by atoms with Gasteiger partial charge in [-0.25, -0.2) is 0 Å². The summed E-state index contributed by atoms with van der Waals surface area (Å²) in [4.78, 5) is 55.6. The average Bonchev–Trinajstić information content (AvgIpc) is 3.36. The minimum absolute atomic E-state index is 0.113. The Morgan fingerprint density at radius 2 is 1.76 bits per heavy atom. The van der Waals surface area contributed by atoms with Crippen LogP contribution in [0.15, 0.2) is 53.1 Å². The van der Waals surface area contributed by atoms with E-state index in [4.69, 9.17) is 4.42 Å². The number of amides is 4. The maximum Gasteiger partial charge on any atom is 0.289 e. The number of rotatable bonds is 6. The third-order valence-electron chi connectivity index (χ3n) is 5.84. The Hall–Kier alpha value is -3.66. The van der Waals surface area contributed by atoms with Gasteiger partial charge in [-0.05, 0) is 24.3 Å². The van der Waals surface area contributed by atoms with Gasteiger partial charge in [-0.3, -0.25) is 24.1 Å². The molecule has 1 atom stereocenters. The lowest BCUT2D eigenvalue weighted by Crippen LogP contribution is -2.60. The molecular formula is C23H27N5O5. The number of carbonyl (C=O) groups is 4. The molecule has 2 fully saturated rings. The second kappa shape index (κ2) is 10.3. The molecule has 0 bridgehead atoms. The van der Waals surface area contributed by atoms with Crippen LogP contribution in [-0.2, 0) is 14.4 Å². The first kappa shape index (κ1) is 22.5. The quantitative estimate of drug-likeness (QED) is 0.654. The average molecular weight is 453 g/mol. The van der Waals surface area contributed by atoms with Gasteiger partial charge in [0, 0.05) is 45.0 Å². The van der Waals surface area contributed by atoms with E-state index in [-0.39, 0.29) is 36.6 Å². The number of furan rings is 1. The van der Waals surface area contributed by atoms with E-state index < -0.39 is 6.04 Å². The summed E-state index contributed by atoms with van der Waals surface area (Å²) in [7, 11) is 0. The van der Waals surface area contributed by atoms with Crippen molar-refractivity contribution in [1.82, 2.24) is 20.0 Å². The molecule has 2 aliphatic heterocycles. The Labute approximate surface area is 191 Å². The van der Waals surface area contributed by atoms with Crippen molar-refractivity contribution in [2.24, 2.45) is 0 Å². The first-order valence-electron chi connectivity index (χ1n) is 11.0. The van der Waals surface area contributed by atoms with Crippen molar-refractivity contribution in [2.45, 2.75) is 12.5 Å². The molecule has 0 aliphatic carbocycles. The minimum Gasteiger partial charge on any atom is -0.459 e. The van der Waals surface area contributed by atoms with Crippen LogP contribution in [0.1, 0.15) is 17.0 Å². The first-order valence-corrected chi connectivity index (χ1v) is 11.0. The zero-order chi connectivity index (χ0) is 23.2. The second-order valence-electron chi connectivity index (χ2n) is 8.06. The molecule has 4 rings (SSSR count). The zero-order valence-electron chi connectivity index (χ0n) is 18.2. The third-order valence-corrected chi connectivity index (χ3v) is 5.84. The van der Waals surface area contributed by atoms with Crippen molar-refractivity contribution < 1.29 is 23.6 Å². The van der Waals surface area contributed by atoms with E-state index in [1.807, 2.05) is 11.0 Å². The molecule has 33 heavy (non-hydrogen) atoms. The van der Waals surface area contributed by atoms with Crippen LogP contribution in [0.25, 0.3) is 0 Å². The normalized spacial score (nSPS) is 19.2. The molecular weight excluding hydrogens is 426 g/mol. The van der Waals surface area contributed by atoms with Gasteiger partial charge in [-0.15, -0.1) is 0 Å². The summed E-state index contributed by atoms with van der Waals surface area (Å²) < 4.78 is 5.17. The summed E-state index contributed by atoms with van der Waals surface area (Å²) in [6.45, 7) is 2.88. The highest BCUT2D eigenvalue weighted by molar-refractivity contribution is 5.97. The highest BCUT2D eigenvalue weighted by Gasteiger charge is 2.35. The lowest BCUT2D eigenvalue weighted by Gasteiger charge is -2.38. The fraction of sp³-hybridized carbons (Fsp3) is 0.391. The molecule has 2 N–H and O–H groups in total. The summed E-state index contributed by atoms with van der Waals surface area (Å²) in [6.07, 6.45) is 1.35. The Morgan fingerprint density at radius 1 is 1.00 bits per heavy atom. The molecule has 0 saturated carbocycles. The molecule has 2 saturated heterocycles. The molecule has 174 valence electrons. The van der Waals surface area contributed by atoms with E-state index in [0.717, 1.165) is 0 Å². The monoisotopic (exact) mass is 453 g/mol. The fourth-order valence-corrected chi connectivity index (χ4v) is 4.07. The molecule has 2 aromatic rings. The Bertz CT molecular complexity index is 986. The van der Waals surface area contributed by atoms with Gasteiger partial charge >= 0.3 is 0 Å². The molecule has 0 unspecified atom stereocenters. The fourth-order valence-electron chi connectivity index (χ4n) is 4.07. The minimum atomic E-state index is -0.850. The maximum atomic E-state index is 13.0. The summed E-state index contributed by atoms with van der Waals surface area (Å²) in [5, 5.41) is 5.51. The van der Waals surface area contributed by atoms with Gasteiger partial charge in [0.25, 0.3) is 5.91 Å². The van der Waals surface area contributed by atoms with E-state index in [0.29, 0.717) is 50.7 Å². The summed E-state index contributed by atoms with van der Waals surface area (Å²) in [5.41, 5.74) is 0.638. The summed E-state index contributed by atoms with van der Waals surface area (Å²) in [5.74, 6) is -0.718. The predicted molar refractivity (Wildman–Crippen MR) is 119 cm³/mol. The number of hydrogen-bond donors (Lipinski definition) is 2. The summed E-state index contributed by atoms with van der Waals surface area (Å²) >= 11 is 0. The standard InChI is InChI=1S/C23H27N5O5/c29-20(25-17-5-2-1-3-6-17)15-18-22(31)24-8-9-28(18)21(30)16-26-10-12-27(13-11-26)23(32)19-7-4-14-33-19/h1-7,14,18H,8-13,15-16H2,(H,24,31)(H,25,29)/t18-/m1/s1. The molecule has 10 heteroatoms. The molecule has 1 aromatic heterocycles. The molecule has 2 aliphatic rings. The molecule has 0 spiro atoms. The molecule has 10 nitrogen and oxygen atoms in total. The second-order valence-corrected chi connectivity index (χ2v) is 8.06. The van der Waals surface area contributed by atoms with Crippen LogP contribution in [0.3, 0.4) is 0 Å². The van der Waals surface area contributed by atoms with Gasteiger partial charge in [-0.1, -0.05) is 18.2 Å². The SMILES string of the molecule is O=C(C[C@@H]1C(=O)NCCN1C(=O)CN1CCN(C(=O)c2ccco2)CC1)Nc1ccccc1. The van der Waals surface area contributed by atoms with Crippen molar-refractivity contribution in [2.75, 3.05) is 51.1 Å². The number of hydrogen-bond acceptors (Lipinski definition) is 6. The highest BCUT2D eigenvalue weighted by Crippen LogP contribution is 2.14. The number of anilines is 1. The van der Waals surface area contributed by atoms with E-state index in [2.05, 4.69) is 10.6 Å². The lowest BCUT2D eigenvalue weighted by atomic mass is 10.1. The van der Waals surface area contributed by atoms with E-state index >= 15 is 0 Å². The first-order chi connectivity index (χ1) is 16.0. The molecule has 3 heterocycles. The van der Waals surface area contributed by atoms with Gasteiger partial charge in [0.2, 0.25) is 17.7 Å². The van der Waals surface area contributed by atoms with Gasteiger partial charge in [0.1, 0.15) is 6.04 Å². The molecule has 1 aromatic carbocycles. The maximum absolute atomic E-state index is 13.0. The van der Waals surface area contributed by atoms with Crippen LogP contribution in [0, 0.1) is 0 Å². The van der Waals surface area contributed by atoms with Crippen LogP contribution < -0.4 is 10.6 Å². The van der Waals surface area contributed by atoms with Crippen LogP contribution in [-0.4, -0.2) is 90.2 Å². The van der Waals surface area contributed by atoms with Crippen LogP contribution in [0.5, 0.6) is 0 Å². The van der Waals surface area contributed by atoms with Gasteiger partial charge in [-0.2, -0.15) is 0 Å². The zero-order valence-corrected chi connectivity index (χ0v) is 18.2. The largest absolute Gasteiger partial charge is 0.459 e. The molecule has 0 radical (unpaired) electrons. The number of piperazine rings is 2. The van der Waals surface area contributed by atoms with E-state index in [1.54, 1.807) is 41.3 Å². The smallest absolute Gasteiger partial charge is 0.289 e. The number of nitrogens with one attached hydrogen (secondary N) is 2. The number of carbonyl (C=O) groups excluding carboxylic acids is 4. The lowest BCUT2D eigenvalue weighted by molar-refractivity contribution is -0.145. The van der Waals surface area contributed by atoms with Gasteiger partial charge in [0.05, 0.1) is 19.2 Å². The van der Waals surface area contributed by atoms with Crippen molar-refractivity contribution in [3.8, 4) is 0 Å². The van der Waals surface area contributed by atoms with E-state index in [9.17, 15) is 19.2 Å². The number of nitrogens with zero attached hydrogens (tertiary/aromatic N) is 3. The van der Waals surface area contributed by atoms with Gasteiger partial charge in [0.15, 0.2) is 5.76 Å². The van der Waals surface area contributed by atoms with Crippen LogP contribution in [0.4, 0.5) is 5.69 Å². The number of benzene rings is 1. The van der Waals surface area contributed by atoms with E-state index in [1.165, 1.54) is 11.2 Å². The Balaban J connectivity index is 1.31. The van der Waals surface area contributed by atoms with Crippen LogP contribution >= 0.6 is 0 Å². The Morgan fingerprint density at radius 3 is 2.45 bits per heavy atom. The van der Waals surface area contributed by atoms with Crippen molar-refractivity contribution >= 4 is 29.3 Å².